The van der Waals surface area contributed by atoms with Gasteiger partial charge < -0.3 is 10.2 Å². The van der Waals surface area contributed by atoms with Crippen LogP contribution < -0.4 is 5.32 Å². The van der Waals surface area contributed by atoms with Crippen molar-refractivity contribution in [2.24, 2.45) is 0 Å². The average Bonchev–Trinajstić information content (AvgIpc) is 2.87. The number of rotatable bonds is 3. The largest absolute Gasteiger partial charge is 0.352 e. The highest BCUT2D eigenvalue weighted by molar-refractivity contribution is 7.99. The van der Waals surface area contributed by atoms with E-state index in [1.54, 1.807) is 28.8 Å². The van der Waals surface area contributed by atoms with Gasteiger partial charge in [-0.1, -0.05) is 18.2 Å². The van der Waals surface area contributed by atoms with Crippen LogP contribution in [0.3, 0.4) is 0 Å². The number of nitrogens with zero attached hydrogens (tertiary/aromatic N) is 1. The molecule has 1 aromatic rings. The van der Waals surface area contributed by atoms with Crippen molar-refractivity contribution >= 4 is 23.6 Å². The highest BCUT2D eigenvalue weighted by Crippen LogP contribution is 2.23. The molecule has 0 aromatic heterocycles. The molecule has 1 aliphatic heterocycles. The van der Waals surface area contributed by atoms with E-state index in [-0.39, 0.29) is 23.9 Å². The Hall–Kier alpha value is -1.49. The van der Waals surface area contributed by atoms with Gasteiger partial charge in [-0.05, 0) is 26.0 Å². The number of nitrogens with one attached hydrogen (secondary N) is 1. The maximum Gasteiger partial charge on any atom is 0.255 e. The van der Waals surface area contributed by atoms with Crippen molar-refractivity contribution in [2.45, 2.75) is 25.9 Å². The first kappa shape index (κ1) is 13.9. The summed E-state index contributed by atoms with van der Waals surface area (Å²) in [6.45, 7) is 3.84. The minimum absolute atomic E-state index is 0.0655. The van der Waals surface area contributed by atoms with Gasteiger partial charge in [-0.15, -0.1) is 11.8 Å². The summed E-state index contributed by atoms with van der Waals surface area (Å²) in [6.07, 6.45) is 0. The van der Waals surface area contributed by atoms with E-state index >= 15 is 0 Å². The Labute approximate surface area is 117 Å². The van der Waals surface area contributed by atoms with Gasteiger partial charge in [0.15, 0.2) is 0 Å². The fraction of sp³-hybridized carbons (Fsp3) is 0.429. The van der Waals surface area contributed by atoms with Gasteiger partial charge in [0.2, 0.25) is 5.91 Å². The summed E-state index contributed by atoms with van der Waals surface area (Å²) >= 11 is 1.61. The molecule has 0 spiro atoms. The van der Waals surface area contributed by atoms with Crippen molar-refractivity contribution in [1.82, 2.24) is 10.2 Å². The van der Waals surface area contributed by atoms with Gasteiger partial charge in [0.1, 0.15) is 6.04 Å². The van der Waals surface area contributed by atoms with Gasteiger partial charge in [-0.3, -0.25) is 9.59 Å². The average molecular weight is 278 g/mol. The Balaban J connectivity index is 2.11. The van der Waals surface area contributed by atoms with Crippen molar-refractivity contribution < 1.29 is 9.59 Å². The van der Waals surface area contributed by atoms with E-state index in [2.05, 4.69) is 5.32 Å². The molecule has 0 radical (unpaired) electrons. The molecule has 1 atom stereocenters. The monoisotopic (exact) mass is 278 g/mol. The number of hydrogen-bond acceptors (Lipinski definition) is 3. The molecule has 2 rings (SSSR count). The molecule has 1 aliphatic rings. The van der Waals surface area contributed by atoms with Crippen LogP contribution in [0.25, 0.3) is 0 Å². The maximum atomic E-state index is 12.4. The lowest BCUT2D eigenvalue weighted by atomic mass is 10.1. The van der Waals surface area contributed by atoms with Gasteiger partial charge >= 0.3 is 0 Å². The van der Waals surface area contributed by atoms with Gasteiger partial charge in [0, 0.05) is 17.4 Å². The standard InChI is InChI=1S/C14H18N2O2S/c1-10(2)15-13(17)12-8-19-9-16(12)14(18)11-6-4-3-5-7-11/h3-7,10,12H,8-9H2,1-2H3,(H,15,17). The quantitative estimate of drug-likeness (QED) is 0.916. The Morgan fingerprint density at radius 1 is 1.32 bits per heavy atom. The summed E-state index contributed by atoms with van der Waals surface area (Å²) in [4.78, 5) is 26.1. The number of hydrogen-bond donors (Lipinski definition) is 1. The second-order valence-electron chi connectivity index (χ2n) is 4.82. The second kappa shape index (κ2) is 6.10. The zero-order chi connectivity index (χ0) is 13.8. The maximum absolute atomic E-state index is 12.4. The SMILES string of the molecule is CC(C)NC(=O)C1CSCN1C(=O)c1ccccc1. The molecular weight excluding hydrogens is 260 g/mol. The highest BCUT2D eigenvalue weighted by Gasteiger charge is 2.35. The number of thioether (sulfide) groups is 1. The summed E-state index contributed by atoms with van der Waals surface area (Å²) in [6, 6.07) is 8.83. The Bertz CT molecular complexity index is 462. The molecule has 0 aliphatic carbocycles. The zero-order valence-corrected chi connectivity index (χ0v) is 11.9. The van der Waals surface area contributed by atoms with E-state index in [9.17, 15) is 9.59 Å². The molecular formula is C14H18N2O2S. The van der Waals surface area contributed by atoms with Gasteiger partial charge in [-0.25, -0.2) is 0 Å². The Morgan fingerprint density at radius 2 is 2.00 bits per heavy atom. The molecule has 1 heterocycles. The predicted octanol–water partition coefficient (Wildman–Crippen LogP) is 1.73. The van der Waals surface area contributed by atoms with Crippen LogP contribution in [0.4, 0.5) is 0 Å². The molecule has 1 saturated heterocycles. The van der Waals surface area contributed by atoms with Crippen LogP contribution in [-0.4, -0.2) is 40.4 Å². The van der Waals surface area contributed by atoms with Crippen molar-refractivity contribution in [3.05, 3.63) is 35.9 Å². The third kappa shape index (κ3) is 3.29. The fourth-order valence-corrected chi connectivity index (χ4v) is 3.14. The lowest BCUT2D eigenvalue weighted by molar-refractivity contribution is -0.124. The number of carbonyl (C=O) groups excluding carboxylic acids is 2. The Morgan fingerprint density at radius 3 is 2.63 bits per heavy atom. The van der Waals surface area contributed by atoms with E-state index < -0.39 is 0 Å². The van der Waals surface area contributed by atoms with E-state index in [0.717, 1.165) is 0 Å². The molecule has 0 saturated carbocycles. The molecule has 4 nitrogen and oxygen atoms in total. The van der Waals surface area contributed by atoms with Gasteiger partial charge in [0.05, 0.1) is 5.88 Å². The first-order valence-corrected chi connectivity index (χ1v) is 7.49. The lowest BCUT2D eigenvalue weighted by Crippen LogP contribution is -2.48. The Kier molecular flexibility index (Phi) is 4.47. The first-order chi connectivity index (χ1) is 9.09. The smallest absolute Gasteiger partial charge is 0.255 e. The van der Waals surface area contributed by atoms with Crippen LogP contribution >= 0.6 is 11.8 Å². The summed E-state index contributed by atoms with van der Waals surface area (Å²) in [5.41, 5.74) is 0.632. The third-order valence-corrected chi connectivity index (χ3v) is 3.91. The normalized spacial score (nSPS) is 18.7. The zero-order valence-electron chi connectivity index (χ0n) is 11.1. The highest BCUT2D eigenvalue weighted by atomic mass is 32.2. The minimum Gasteiger partial charge on any atom is -0.352 e. The van der Waals surface area contributed by atoms with Crippen molar-refractivity contribution in [2.75, 3.05) is 11.6 Å². The molecule has 1 aromatic carbocycles. The molecule has 1 unspecified atom stereocenters. The minimum atomic E-state index is -0.361. The predicted molar refractivity (Wildman–Crippen MR) is 77.0 cm³/mol. The van der Waals surface area contributed by atoms with Gasteiger partial charge in [-0.2, -0.15) is 0 Å². The molecule has 5 heteroatoms. The molecule has 1 fully saturated rings. The molecule has 1 N–H and O–H groups in total. The molecule has 0 bridgehead atoms. The van der Waals surface area contributed by atoms with Crippen molar-refractivity contribution in [1.29, 1.82) is 0 Å². The molecule has 2 amide bonds. The summed E-state index contributed by atoms with van der Waals surface area (Å²) in [5, 5.41) is 2.87. The van der Waals surface area contributed by atoms with Crippen LogP contribution in [0.1, 0.15) is 24.2 Å². The van der Waals surface area contributed by atoms with Crippen LogP contribution in [0, 0.1) is 0 Å². The summed E-state index contributed by atoms with van der Waals surface area (Å²) < 4.78 is 0. The number of benzene rings is 1. The molecule has 19 heavy (non-hydrogen) atoms. The lowest BCUT2D eigenvalue weighted by Gasteiger charge is -2.24. The third-order valence-electron chi connectivity index (χ3n) is 2.90. The van der Waals surface area contributed by atoms with Crippen LogP contribution in [0.15, 0.2) is 30.3 Å². The van der Waals surface area contributed by atoms with E-state index in [1.165, 1.54) is 0 Å². The second-order valence-corrected chi connectivity index (χ2v) is 5.82. The summed E-state index contributed by atoms with van der Waals surface area (Å²) in [5.74, 6) is 1.10. The number of amides is 2. The van der Waals surface area contributed by atoms with Crippen molar-refractivity contribution in [3.63, 3.8) is 0 Å². The summed E-state index contributed by atoms with van der Waals surface area (Å²) in [7, 11) is 0. The van der Waals surface area contributed by atoms with Crippen LogP contribution in [0.5, 0.6) is 0 Å². The molecule has 102 valence electrons. The van der Waals surface area contributed by atoms with E-state index in [0.29, 0.717) is 17.2 Å². The fourth-order valence-electron chi connectivity index (χ4n) is 1.99. The van der Waals surface area contributed by atoms with Gasteiger partial charge in [0.25, 0.3) is 5.91 Å². The van der Waals surface area contributed by atoms with Crippen molar-refractivity contribution in [3.8, 4) is 0 Å². The van der Waals surface area contributed by atoms with E-state index in [4.69, 9.17) is 0 Å². The van der Waals surface area contributed by atoms with E-state index in [1.807, 2.05) is 32.0 Å². The topological polar surface area (TPSA) is 49.4 Å². The number of carbonyl (C=O) groups is 2. The van der Waals surface area contributed by atoms with Crippen LogP contribution in [0.2, 0.25) is 0 Å². The first-order valence-electron chi connectivity index (χ1n) is 6.33. The van der Waals surface area contributed by atoms with Crippen LogP contribution in [-0.2, 0) is 4.79 Å².